The van der Waals surface area contributed by atoms with Gasteiger partial charge in [-0.05, 0) is 30.3 Å². The Kier molecular flexibility index (Phi) is 6.05. The van der Waals surface area contributed by atoms with Gasteiger partial charge in [0.1, 0.15) is 0 Å². The Balaban J connectivity index is 1.29. The van der Waals surface area contributed by atoms with Gasteiger partial charge in [0, 0.05) is 53.8 Å². The van der Waals surface area contributed by atoms with Gasteiger partial charge in [0.25, 0.3) is 0 Å². The zero-order chi connectivity index (χ0) is 33.5. The van der Waals surface area contributed by atoms with Crippen LogP contribution in [0.15, 0.2) is 164 Å². The molecular weight excluding hydrogens is 643 g/mol. The molecule has 0 fully saturated rings. The van der Waals surface area contributed by atoms with E-state index < -0.39 is 0 Å². The first-order valence-corrected chi connectivity index (χ1v) is 17.9. The van der Waals surface area contributed by atoms with Crippen LogP contribution in [0, 0.1) is 0 Å². The van der Waals surface area contributed by atoms with Crippen molar-refractivity contribution in [3.8, 4) is 34.4 Å². The summed E-state index contributed by atoms with van der Waals surface area (Å²) in [7, 11) is 0. The second kappa shape index (κ2) is 10.9. The number of benzene rings is 7. The van der Waals surface area contributed by atoms with Crippen molar-refractivity contribution in [3.05, 3.63) is 164 Å². The van der Waals surface area contributed by atoms with Crippen LogP contribution >= 0.6 is 11.3 Å². The lowest BCUT2D eigenvalue weighted by Gasteiger charge is -2.12. The molecule has 238 valence electrons. The van der Waals surface area contributed by atoms with Crippen molar-refractivity contribution in [1.82, 2.24) is 24.1 Å². The standard InChI is InChI=1S/C45H27N5S/c1-3-13-28(14-4-1)43-46-44(29-15-5-2-6-16-29)48-45(47-43)50-39-27-30(49-37-20-10-7-17-31(37)32-18-8-11-21-38(32)49)23-24-33(39)35-25-26-36-34-19-9-12-22-40(34)51-42(36)41(35)50/h1-27H. The minimum atomic E-state index is 0.590. The first kappa shape index (κ1) is 28.2. The van der Waals surface area contributed by atoms with Crippen LogP contribution in [0.3, 0.4) is 0 Å². The van der Waals surface area contributed by atoms with Crippen LogP contribution in [0.25, 0.3) is 98.2 Å². The van der Waals surface area contributed by atoms with Gasteiger partial charge in [0.05, 0.1) is 26.8 Å². The molecule has 0 N–H and O–H groups in total. The third kappa shape index (κ3) is 4.24. The molecular formula is C45H27N5S. The summed E-state index contributed by atoms with van der Waals surface area (Å²) in [4.78, 5) is 15.6. The second-order valence-electron chi connectivity index (χ2n) is 12.9. The highest BCUT2D eigenvalue weighted by Gasteiger charge is 2.22. The number of aromatic nitrogens is 5. The number of hydrogen-bond donors (Lipinski definition) is 0. The quantitative estimate of drug-likeness (QED) is 0.187. The summed E-state index contributed by atoms with van der Waals surface area (Å²) < 4.78 is 7.12. The summed E-state index contributed by atoms with van der Waals surface area (Å²) in [6.45, 7) is 0. The fourth-order valence-corrected chi connectivity index (χ4v) is 8.95. The van der Waals surface area contributed by atoms with Crippen LogP contribution < -0.4 is 0 Å². The molecule has 7 aromatic carbocycles. The number of rotatable bonds is 4. The largest absolute Gasteiger partial charge is 0.309 e. The van der Waals surface area contributed by atoms with Gasteiger partial charge in [-0.15, -0.1) is 11.3 Å². The monoisotopic (exact) mass is 669 g/mol. The average molecular weight is 670 g/mol. The molecule has 4 aromatic heterocycles. The average Bonchev–Trinajstić information content (AvgIpc) is 3.86. The Morgan fingerprint density at radius 3 is 1.59 bits per heavy atom. The highest BCUT2D eigenvalue weighted by atomic mass is 32.1. The first-order valence-electron chi connectivity index (χ1n) is 17.0. The Hall–Kier alpha value is -6.63. The van der Waals surface area contributed by atoms with E-state index in [0.29, 0.717) is 17.6 Å². The first-order chi connectivity index (χ1) is 25.3. The van der Waals surface area contributed by atoms with Gasteiger partial charge >= 0.3 is 0 Å². The number of hydrogen-bond acceptors (Lipinski definition) is 4. The predicted octanol–water partition coefficient (Wildman–Crippen LogP) is 11.8. The maximum absolute atomic E-state index is 5.26. The van der Waals surface area contributed by atoms with Gasteiger partial charge < -0.3 is 4.57 Å². The lowest BCUT2D eigenvalue weighted by Crippen LogP contribution is -2.06. The van der Waals surface area contributed by atoms with E-state index in [1.165, 1.54) is 47.4 Å². The van der Waals surface area contributed by atoms with Gasteiger partial charge in [-0.2, -0.15) is 9.97 Å². The van der Waals surface area contributed by atoms with E-state index in [1.807, 2.05) is 47.7 Å². The molecule has 0 radical (unpaired) electrons. The van der Waals surface area contributed by atoms with Gasteiger partial charge in [-0.1, -0.05) is 133 Å². The Morgan fingerprint density at radius 2 is 0.922 bits per heavy atom. The molecule has 0 aliphatic carbocycles. The highest BCUT2D eigenvalue weighted by molar-refractivity contribution is 7.26. The zero-order valence-electron chi connectivity index (χ0n) is 27.2. The molecule has 0 atom stereocenters. The van der Waals surface area contributed by atoms with Crippen molar-refractivity contribution >= 4 is 75.1 Å². The van der Waals surface area contributed by atoms with E-state index in [-0.39, 0.29) is 0 Å². The van der Waals surface area contributed by atoms with E-state index in [2.05, 4.69) is 137 Å². The predicted molar refractivity (Wildman–Crippen MR) is 212 cm³/mol. The maximum atomic E-state index is 5.26. The third-order valence-corrected chi connectivity index (χ3v) is 11.2. The van der Waals surface area contributed by atoms with E-state index in [4.69, 9.17) is 15.0 Å². The smallest absolute Gasteiger partial charge is 0.238 e. The zero-order valence-corrected chi connectivity index (χ0v) is 28.0. The number of para-hydroxylation sites is 2. The molecule has 0 spiro atoms. The lowest BCUT2D eigenvalue weighted by molar-refractivity contribution is 0.955. The van der Waals surface area contributed by atoms with Crippen molar-refractivity contribution in [2.75, 3.05) is 0 Å². The third-order valence-electron chi connectivity index (χ3n) is 9.98. The highest BCUT2D eigenvalue weighted by Crippen LogP contribution is 2.43. The van der Waals surface area contributed by atoms with Gasteiger partial charge in [0.2, 0.25) is 5.95 Å². The summed E-state index contributed by atoms with van der Waals surface area (Å²) in [5, 5.41) is 7.28. The van der Waals surface area contributed by atoms with Gasteiger partial charge in [-0.25, -0.2) is 4.98 Å². The Labute approximate surface area is 296 Å². The molecule has 0 saturated heterocycles. The van der Waals surface area contributed by atoms with E-state index in [1.54, 1.807) is 0 Å². The molecule has 0 aliphatic rings. The number of fused-ring (bicyclic) bond motifs is 10. The summed E-state index contributed by atoms with van der Waals surface area (Å²) in [6.07, 6.45) is 0. The molecule has 11 rings (SSSR count). The molecule has 51 heavy (non-hydrogen) atoms. The van der Waals surface area contributed by atoms with Crippen molar-refractivity contribution in [3.63, 3.8) is 0 Å². The molecule has 5 nitrogen and oxygen atoms in total. The van der Waals surface area contributed by atoms with Gasteiger partial charge in [-0.3, -0.25) is 4.57 Å². The molecule has 0 bridgehead atoms. The van der Waals surface area contributed by atoms with Crippen LogP contribution in [-0.2, 0) is 0 Å². The fourth-order valence-electron chi connectivity index (χ4n) is 7.71. The minimum absolute atomic E-state index is 0.590. The molecule has 4 heterocycles. The SMILES string of the molecule is c1ccc(-c2nc(-c3ccccc3)nc(-n3c4cc(-n5c6ccccc6c6ccccc65)ccc4c4ccc5c6ccccc6sc5c43)n2)cc1. The normalized spacial score (nSPS) is 11.9. The molecule has 11 aromatic rings. The van der Waals surface area contributed by atoms with Crippen LogP contribution in [0.5, 0.6) is 0 Å². The summed E-state index contributed by atoms with van der Waals surface area (Å²) >= 11 is 1.82. The summed E-state index contributed by atoms with van der Waals surface area (Å²) in [5.41, 5.74) is 7.45. The van der Waals surface area contributed by atoms with Gasteiger partial charge in [0.15, 0.2) is 11.6 Å². The molecule has 0 unspecified atom stereocenters. The number of thiophene rings is 1. The number of nitrogens with zero attached hydrogens (tertiary/aromatic N) is 5. The molecule has 6 heteroatoms. The summed E-state index contributed by atoms with van der Waals surface area (Å²) in [6, 6.07) is 57.7. The Morgan fingerprint density at radius 1 is 0.392 bits per heavy atom. The fraction of sp³-hybridized carbons (Fsp3) is 0. The van der Waals surface area contributed by atoms with Crippen molar-refractivity contribution in [1.29, 1.82) is 0 Å². The topological polar surface area (TPSA) is 48.5 Å². The van der Waals surface area contributed by atoms with Crippen LogP contribution in [-0.4, -0.2) is 24.1 Å². The lowest BCUT2D eigenvalue weighted by atomic mass is 10.1. The maximum Gasteiger partial charge on any atom is 0.238 e. The second-order valence-corrected chi connectivity index (χ2v) is 13.9. The van der Waals surface area contributed by atoms with E-state index >= 15 is 0 Å². The molecule has 0 amide bonds. The van der Waals surface area contributed by atoms with E-state index in [0.717, 1.165) is 33.2 Å². The Bertz CT molecular complexity index is 3030. The summed E-state index contributed by atoms with van der Waals surface area (Å²) in [5.74, 6) is 1.86. The van der Waals surface area contributed by atoms with E-state index in [9.17, 15) is 0 Å². The van der Waals surface area contributed by atoms with Crippen LogP contribution in [0.1, 0.15) is 0 Å². The van der Waals surface area contributed by atoms with Crippen molar-refractivity contribution in [2.45, 2.75) is 0 Å². The van der Waals surface area contributed by atoms with Crippen LogP contribution in [0.4, 0.5) is 0 Å². The minimum Gasteiger partial charge on any atom is -0.309 e. The van der Waals surface area contributed by atoms with Crippen molar-refractivity contribution in [2.24, 2.45) is 0 Å². The molecule has 0 saturated carbocycles. The van der Waals surface area contributed by atoms with Crippen molar-refractivity contribution < 1.29 is 0 Å². The molecule has 0 aliphatic heterocycles. The van der Waals surface area contributed by atoms with Crippen LogP contribution in [0.2, 0.25) is 0 Å².